The monoisotopic (exact) mass is 301 g/mol. The molecule has 1 aromatic carbocycles. The highest BCUT2D eigenvalue weighted by Gasteiger charge is 2.33. The van der Waals surface area contributed by atoms with Crippen LogP contribution in [0.5, 0.6) is 0 Å². The molecule has 1 amide bonds. The first-order valence-electron chi connectivity index (χ1n) is 7.02. The Hall–Kier alpha value is -1.56. The Labute approximate surface area is 121 Å². The molecule has 3 nitrogen and oxygen atoms in total. The highest BCUT2D eigenvalue weighted by atomic mass is 19.2. The Bertz CT molecular complexity index is 530. The molecule has 0 radical (unpaired) electrons. The van der Waals surface area contributed by atoms with Gasteiger partial charge in [0.05, 0.1) is 12.5 Å². The summed E-state index contributed by atoms with van der Waals surface area (Å²) in [6.07, 6.45) is 1.32. The Kier molecular flexibility index (Phi) is 4.88. The lowest BCUT2D eigenvalue weighted by molar-refractivity contribution is -0.122. The average molecular weight is 301 g/mol. The first-order chi connectivity index (χ1) is 9.92. The number of aliphatic hydroxyl groups excluding tert-OH is 1. The normalized spacial score (nSPS) is 22.5. The Morgan fingerprint density at radius 2 is 2.00 bits per heavy atom. The van der Waals surface area contributed by atoms with E-state index in [0.29, 0.717) is 19.3 Å². The number of rotatable bonds is 5. The van der Waals surface area contributed by atoms with E-state index in [1.807, 2.05) is 6.92 Å². The number of carbonyl (C=O) groups is 1. The van der Waals surface area contributed by atoms with Crippen molar-refractivity contribution in [2.45, 2.75) is 44.8 Å². The van der Waals surface area contributed by atoms with Gasteiger partial charge in [0.1, 0.15) is 0 Å². The van der Waals surface area contributed by atoms with Gasteiger partial charge in [-0.15, -0.1) is 0 Å². The fourth-order valence-corrected chi connectivity index (χ4v) is 2.64. The molecule has 1 saturated carbocycles. The van der Waals surface area contributed by atoms with Gasteiger partial charge >= 0.3 is 0 Å². The van der Waals surface area contributed by atoms with Crippen LogP contribution in [0.4, 0.5) is 13.2 Å². The fourth-order valence-electron chi connectivity index (χ4n) is 2.64. The van der Waals surface area contributed by atoms with E-state index in [9.17, 15) is 23.1 Å². The molecule has 2 N–H and O–H groups in total. The lowest BCUT2D eigenvalue weighted by Gasteiger charge is -2.37. The zero-order valence-corrected chi connectivity index (χ0v) is 11.7. The highest BCUT2D eigenvalue weighted by molar-refractivity contribution is 5.79. The molecular formula is C15H18F3NO2. The van der Waals surface area contributed by atoms with Crippen LogP contribution in [0, 0.1) is 23.4 Å². The standard InChI is InChI=1S/C15H18F3NO2/c1-2-12(9-5-10(20)6-9)19-13(21)7-8-3-4-11(16)15(18)14(8)17/h3-4,9-10,12,20H,2,5-7H2,1H3,(H,19,21)/t9?,10?,12-/m0/s1. The third-order valence-corrected chi connectivity index (χ3v) is 3.97. The van der Waals surface area contributed by atoms with Crippen molar-refractivity contribution in [3.05, 3.63) is 35.1 Å². The van der Waals surface area contributed by atoms with E-state index in [2.05, 4.69) is 5.32 Å². The summed E-state index contributed by atoms with van der Waals surface area (Å²) in [5.41, 5.74) is -0.171. The summed E-state index contributed by atoms with van der Waals surface area (Å²) in [5, 5.41) is 12.1. The van der Waals surface area contributed by atoms with Crippen molar-refractivity contribution >= 4 is 5.91 Å². The number of amides is 1. The van der Waals surface area contributed by atoms with Gasteiger partial charge in [0.25, 0.3) is 0 Å². The van der Waals surface area contributed by atoms with Crippen LogP contribution in [0.1, 0.15) is 31.7 Å². The third kappa shape index (κ3) is 3.56. The van der Waals surface area contributed by atoms with Crippen LogP contribution in [-0.2, 0) is 11.2 Å². The molecule has 0 aromatic heterocycles. The second kappa shape index (κ2) is 6.47. The molecule has 0 aliphatic heterocycles. The molecule has 0 heterocycles. The molecule has 0 saturated heterocycles. The average Bonchev–Trinajstić information content (AvgIpc) is 2.42. The van der Waals surface area contributed by atoms with Crippen molar-refractivity contribution in [2.24, 2.45) is 5.92 Å². The second-order valence-corrected chi connectivity index (χ2v) is 5.48. The minimum absolute atomic E-state index is 0.0887. The van der Waals surface area contributed by atoms with Crippen LogP contribution >= 0.6 is 0 Å². The van der Waals surface area contributed by atoms with Gasteiger partial charge in [-0.25, -0.2) is 13.2 Å². The summed E-state index contributed by atoms with van der Waals surface area (Å²) >= 11 is 0. The summed E-state index contributed by atoms with van der Waals surface area (Å²) in [4.78, 5) is 11.9. The van der Waals surface area contributed by atoms with E-state index in [-0.39, 0.29) is 30.0 Å². The number of hydrogen-bond acceptors (Lipinski definition) is 2. The van der Waals surface area contributed by atoms with E-state index in [1.165, 1.54) is 0 Å². The minimum Gasteiger partial charge on any atom is -0.393 e. The van der Waals surface area contributed by atoms with E-state index >= 15 is 0 Å². The van der Waals surface area contributed by atoms with Crippen molar-refractivity contribution < 1.29 is 23.1 Å². The van der Waals surface area contributed by atoms with Crippen molar-refractivity contribution in [1.82, 2.24) is 5.32 Å². The smallest absolute Gasteiger partial charge is 0.224 e. The largest absolute Gasteiger partial charge is 0.393 e. The Balaban J connectivity index is 1.96. The van der Waals surface area contributed by atoms with Crippen LogP contribution in [0.15, 0.2) is 12.1 Å². The van der Waals surface area contributed by atoms with Crippen LogP contribution in [0.25, 0.3) is 0 Å². The molecule has 1 atom stereocenters. The van der Waals surface area contributed by atoms with E-state index in [4.69, 9.17) is 0 Å². The van der Waals surface area contributed by atoms with E-state index in [1.54, 1.807) is 0 Å². The fraction of sp³-hybridized carbons (Fsp3) is 0.533. The maximum atomic E-state index is 13.5. The van der Waals surface area contributed by atoms with Gasteiger partial charge in [-0.1, -0.05) is 13.0 Å². The van der Waals surface area contributed by atoms with Crippen molar-refractivity contribution in [3.63, 3.8) is 0 Å². The molecule has 6 heteroatoms. The molecule has 0 bridgehead atoms. The van der Waals surface area contributed by atoms with Crippen LogP contribution < -0.4 is 5.32 Å². The molecule has 0 spiro atoms. The number of hydrogen-bond donors (Lipinski definition) is 2. The first kappa shape index (κ1) is 15.8. The Morgan fingerprint density at radius 1 is 1.33 bits per heavy atom. The lowest BCUT2D eigenvalue weighted by atomic mass is 9.76. The van der Waals surface area contributed by atoms with Gasteiger partial charge in [-0.3, -0.25) is 4.79 Å². The molecule has 2 rings (SSSR count). The minimum atomic E-state index is -1.56. The zero-order chi connectivity index (χ0) is 15.6. The Morgan fingerprint density at radius 3 is 2.57 bits per heavy atom. The van der Waals surface area contributed by atoms with Gasteiger partial charge < -0.3 is 10.4 Å². The SMILES string of the molecule is CC[C@H](NC(=O)Cc1ccc(F)c(F)c1F)C1CC(O)C1. The van der Waals surface area contributed by atoms with Crippen molar-refractivity contribution in [2.75, 3.05) is 0 Å². The van der Waals surface area contributed by atoms with E-state index in [0.717, 1.165) is 12.1 Å². The summed E-state index contributed by atoms with van der Waals surface area (Å²) in [5.74, 6) is -4.38. The molecule has 1 aliphatic rings. The van der Waals surface area contributed by atoms with Gasteiger partial charge in [-0.05, 0) is 31.2 Å². The van der Waals surface area contributed by atoms with Crippen molar-refractivity contribution in [1.29, 1.82) is 0 Å². The molecular weight excluding hydrogens is 283 g/mol. The van der Waals surface area contributed by atoms with Gasteiger partial charge in [0.15, 0.2) is 17.5 Å². The molecule has 1 aromatic rings. The molecule has 21 heavy (non-hydrogen) atoms. The maximum Gasteiger partial charge on any atom is 0.224 e. The van der Waals surface area contributed by atoms with Gasteiger partial charge in [0, 0.05) is 11.6 Å². The topological polar surface area (TPSA) is 49.3 Å². The van der Waals surface area contributed by atoms with Crippen LogP contribution in [0.3, 0.4) is 0 Å². The third-order valence-electron chi connectivity index (χ3n) is 3.97. The van der Waals surface area contributed by atoms with Crippen molar-refractivity contribution in [3.8, 4) is 0 Å². The number of benzene rings is 1. The zero-order valence-electron chi connectivity index (χ0n) is 11.7. The summed E-state index contributed by atoms with van der Waals surface area (Å²) < 4.78 is 39.4. The van der Waals surface area contributed by atoms with Crippen LogP contribution in [-0.4, -0.2) is 23.2 Å². The van der Waals surface area contributed by atoms with E-state index < -0.39 is 23.4 Å². The number of aliphatic hydroxyl groups is 1. The molecule has 0 unspecified atom stereocenters. The molecule has 1 aliphatic carbocycles. The van der Waals surface area contributed by atoms with Crippen LogP contribution in [0.2, 0.25) is 0 Å². The quantitative estimate of drug-likeness (QED) is 0.820. The molecule has 116 valence electrons. The lowest BCUT2D eigenvalue weighted by Crippen LogP contribution is -2.47. The maximum absolute atomic E-state index is 13.5. The van der Waals surface area contributed by atoms with Gasteiger partial charge in [0.2, 0.25) is 5.91 Å². The second-order valence-electron chi connectivity index (χ2n) is 5.48. The number of nitrogens with one attached hydrogen (secondary N) is 1. The summed E-state index contributed by atoms with van der Waals surface area (Å²) in [6, 6.07) is 1.79. The summed E-state index contributed by atoms with van der Waals surface area (Å²) in [7, 11) is 0. The van der Waals surface area contributed by atoms with Gasteiger partial charge in [-0.2, -0.15) is 0 Å². The summed E-state index contributed by atoms with van der Waals surface area (Å²) in [6.45, 7) is 1.91. The number of carbonyl (C=O) groups excluding carboxylic acids is 1. The predicted molar refractivity (Wildman–Crippen MR) is 71.0 cm³/mol. The number of halogens is 3. The highest BCUT2D eigenvalue weighted by Crippen LogP contribution is 2.31. The molecule has 1 fully saturated rings. The predicted octanol–water partition coefficient (Wildman–Crippen LogP) is 2.31. The first-order valence-corrected chi connectivity index (χ1v) is 7.02.